The zero-order chi connectivity index (χ0) is 12.1. The van der Waals surface area contributed by atoms with Gasteiger partial charge in [-0.3, -0.25) is 0 Å². The van der Waals surface area contributed by atoms with Crippen LogP contribution in [0.4, 0.5) is 0 Å². The molecule has 0 aromatic carbocycles. The fraction of sp³-hybridized carbons (Fsp3) is 0.462. The lowest BCUT2D eigenvalue weighted by Gasteiger charge is -2.07. The Balaban J connectivity index is 2.05. The Labute approximate surface area is 102 Å². The fourth-order valence-electron chi connectivity index (χ4n) is 2.01. The summed E-state index contributed by atoms with van der Waals surface area (Å²) in [6, 6.07) is 2.15. The largest absolute Gasteiger partial charge is 0.348 e. The number of aromatic nitrogens is 3. The van der Waals surface area contributed by atoms with Crippen molar-refractivity contribution in [2.24, 2.45) is 0 Å². The van der Waals surface area contributed by atoms with E-state index in [1.165, 1.54) is 11.3 Å². The molecule has 0 spiro atoms. The summed E-state index contributed by atoms with van der Waals surface area (Å²) in [7, 11) is 1.97. The van der Waals surface area contributed by atoms with Crippen molar-refractivity contribution in [1.29, 1.82) is 0 Å². The molecule has 0 unspecified atom stereocenters. The summed E-state index contributed by atoms with van der Waals surface area (Å²) in [4.78, 5) is 4.22. The van der Waals surface area contributed by atoms with Crippen LogP contribution < -0.4 is 5.32 Å². The van der Waals surface area contributed by atoms with E-state index in [0.717, 1.165) is 26.1 Å². The van der Waals surface area contributed by atoms with E-state index in [9.17, 15) is 0 Å². The van der Waals surface area contributed by atoms with Crippen molar-refractivity contribution in [3.05, 3.63) is 42.2 Å². The van der Waals surface area contributed by atoms with Crippen LogP contribution in [0.5, 0.6) is 0 Å². The van der Waals surface area contributed by atoms with E-state index in [-0.39, 0.29) is 0 Å². The second kappa shape index (κ2) is 5.68. The van der Waals surface area contributed by atoms with Crippen molar-refractivity contribution >= 4 is 0 Å². The van der Waals surface area contributed by atoms with Gasteiger partial charge in [0.1, 0.15) is 0 Å². The zero-order valence-corrected chi connectivity index (χ0v) is 10.6. The maximum atomic E-state index is 4.22. The highest BCUT2D eigenvalue weighted by Crippen LogP contribution is 2.07. The highest BCUT2D eigenvalue weighted by molar-refractivity contribution is 5.12. The standard InChI is InChI=1S/C13H20N4/c1-3-5-17-11-15-8-13(17)10-16-6-4-12(9-16)7-14-2/h4,6,8-9,11,14H,3,5,7,10H2,1-2H3. The molecule has 0 saturated heterocycles. The first-order chi connectivity index (χ1) is 8.33. The molecule has 4 nitrogen and oxygen atoms in total. The van der Waals surface area contributed by atoms with Crippen LogP contribution in [0.3, 0.4) is 0 Å². The van der Waals surface area contributed by atoms with E-state index >= 15 is 0 Å². The van der Waals surface area contributed by atoms with Crippen LogP contribution in [0.1, 0.15) is 24.6 Å². The third-order valence-corrected chi connectivity index (χ3v) is 2.80. The molecule has 0 aliphatic rings. The van der Waals surface area contributed by atoms with Gasteiger partial charge in [0, 0.05) is 31.7 Å². The Kier molecular flexibility index (Phi) is 3.98. The molecular formula is C13H20N4. The molecule has 17 heavy (non-hydrogen) atoms. The van der Waals surface area contributed by atoms with Crippen molar-refractivity contribution in [3.8, 4) is 0 Å². The molecule has 0 aliphatic heterocycles. The first-order valence-electron chi connectivity index (χ1n) is 6.11. The minimum absolute atomic E-state index is 0.893. The van der Waals surface area contributed by atoms with E-state index in [4.69, 9.17) is 0 Å². The lowest BCUT2D eigenvalue weighted by molar-refractivity contribution is 0.624. The van der Waals surface area contributed by atoms with Crippen LogP contribution >= 0.6 is 0 Å². The topological polar surface area (TPSA) is 34.8 Å². The Morgan fingerprint density at radius 1 is 1.41 bits per heavy atom. The Bertz CT molecular complexity index is 455. The average Bonchev–Trinajstić information content (AvgIpc) is 2.91. The van der Waals surface area contributed by atoms with Crippen LogP contribution in [0, 0.1) is 0 Å². The normalized spacial score (nSPS) is 10.9. The molecule has 0 amide bonds. The average molecular weight is 232 g/mol. The van der Waals surface area contributed by atoms with Gasteiger partial charge in [-0.1, -0.05) is 6.92 Å². The van der Waals surface area contributed by atoms with E-state index in [2.05, 4.69) is 44.8 Å². The van der Waals surface area contributed by atoms with Gasteiger partial charge in [0.15, 0.2) is 0 Å². The molecule has 0 bridgehead atoms. The van der Waals surface area contributed by atoms with E-state index in [0.29, 0.717) is 0 Å². The molecule has 0 saturated carbocycles. The lowest BCUT2D eigenvalue weighted by Crippen LogP contribution is -2.06. The summed E-state index contributed by atoms with van der Waals surface area (Å²) in [6.45, 7) is 5.04. The maximum Gasteiger partial charge on any atom is 0.0948 e. The number of nitrogens with zero attached hydrogens (tertiary/aromatic N) is 3. The van der Waals surface area contributed by atoms with Crippen molar-refractivity contribution < 1.29 is 0 Å². The molecule has 4 heteroatoms. The minimum atomic E-state index is 0.893. The molecule has 2 rings (SSSR count). The summed E-state index contributed by atoms with van der Waals surface area (Å²) >= 11 is 0. The van der Waals surface area contributed by atoms with Crippen molar-refractivity contribution in [2.75, 3.05) is 7.05 Å². The molecule has 2 aromatic rings. The molecule has 0 atom stereocenters. The van der Waals surface area contributed by atoms with Gasteiger partial charge in [0.05, 0.1) is 18.6 Å². The minimum Gasteiger partial charge on any atom is -0.348 e. The summed E-state index contributed by atoms with van der Waals surface area (Å²) in [6.07, 6.45) is 9.31. The van der Waals surface area contributed by atoms with Crippen LogP contribution in [0.15, 0.2) is 31.0 Å². The van der Waals surface area contributed by atoms with Gasteiger partial charge in [-0.15, -0.1) is 0 Å². The maximum absolute atomic E-state index is 4.22. The summed E-state index contributed by atoms with van der Waals surface area (Å²) < 4.78 is 4.42. The predicted molar refractivity (Wildman–Crippen MR) is 68.8 cm³/mol. The molecule has 0 aliphatic carbocycles. The summed E-state index contributed by atoms with van der Waals surface area (Å²) in [5.41, 5.74) is 2.58. The molecule has 2 aromatic heterocycles. The van der Waals surface area contributed by atoms with Gasteiger partial charge < -0.3 is 14.5 Å². The molecule has 92 valence electrons. The van der Waals surface area contributed by atoms with Crippen LogP contribution in [-0.4, -0.2) is 21.2 Å². The second-order valence-electron chi connectivity index (χ2n) is 4.30. The van der Waals surface area contributed by atoms with Gasteiger partial charge >= 0.3 is 0 Å². The van der Waals surface area contributed by atoms with Crippen LogP contribution in [0.2, 0.25) is 0 Å². The Hall–Kier alpha value is -1.55. The van der Waals surface area contributed by atoms with Crippen molar-refractivity contribution in [3.63, 3.8) is 0 Å². The third-order valence-electron chi connectivity index (χ3n) is 2.80. The van der Waals surface area contributed by atoms with E-state index in [1.54, 1.807) is 0 Å². The molecule has 2 heterocycles. The number of hydrogen-bond donors (Lipinski definition) is 1. The number of nitrogens with one attached hydrogen (secondary N) is 1. The summed E-state index contributed by atoms with van der Waals surface area (Å²) in [5, 5.41) is 3.16. The monoisotopic (exact) mass is 232 g/mol. The van der Waals surface area contributed by atoms with Crippen molar-refractivity contribution in [2.45, 2.75) is 33.0 Å². The van der Waals surface area contributed by atoms with Gasteiger partial charge in [-0.05, 0) is 25.1 Å². The number of aryl methyl sites for hydroxylation is 1. The molecular weight excluding hydrogens is 212 g/mol. The second-order valence-corrected chi connectivity index (χ2v) is 4.30. The van der Waals surface area contributed by atoms with Crippen molar-refractivity contribution in [1.82, 2.24) is 19.4 Å². The number of imidazole rings is 1. The fourth-order valence-corrected chi connectivity index (χ4v) is 2.01. The van der Waals surface area contributed by atoms with Gasteiger partial charge in [0.2, 0.25) is 0 Å². The zero-order valence-electron chi connectivity index (χ0n) is 10.6. The van der Waals surface area contributed by atoms with Gasteiger partial charge in [-0.25, -0.2) is 4.98 Å². The number of hydrogen-bond acceptors (Lipinski definition) is 2. The Morgan fingerprint density at radius 3 is 3.06 bits per heavy atom. The first kappa shape index (κ1) is 11.9. The lowest BCUT2D eigenvalue weighted by atomic mass is 10.3. The third kappa shape index (κ3) is 2.97. The van der Waals surface area contributed by atoms with Crippen LogP contribution in [-0.2, 0) is 19.6 Å². The smallest absolute Gasteiger partial charge is 0.0948 e. The van der Waals surface area contributed by atoms with Gasteiger partial charge in [0.25, 0.3) is 0 Å². The number of rotatable bonds is 6. The SMILES string of the molecule is CCCn1cncc1Cn1ccc(CNC)c1. The van der Waals surface area contributed by atoms with E-state index in [1.807, 2.05) is 19.6 Å². The Morgan fingerprint density at radius 2 is 2.29 bits per heavy atom. The first-order valence-corrected chi connectivity index (χ1v) is 6.11. The molecule has 0 fully saturated rings. The highest BCUT2D eigenvalue weighted by Gasteiger charge is 2.02. The van der Waals surface area contributed by atoms with Gasteiger partial charge in [-0.2, -0.15) is 0 Å². The van der Waals surface area contributed by atoms with Crippen LogP contribution in [0.25, 0.3) is 0 Å². The van der Waals surface area contributed by atoms with E-state index < -0.39 is 0 Å². The molecule has 0 radical (unpaired) electrons. The highest BCUT2D eigenvalue weighted by atomic mass is 15.1. The quantitative estimate of drug-likeness (QED) is 0.825. The predicted octanol–water partition coefficient (Wildman–Crippen LogP) is 1.86. The molecule has 1 N–H and O–H groups in total. The summed E-state index contributed by atoms with van der Waals surface area (Å²) in [5.74, 6) is 0.